The number of rotatable bonds is 42. The van der Waals surface area contributed by atoms with Crippen molar-refractivity contribution in [3.63, 3.8) is 0 Å². The van der Waals surface area contributed by atoms with Gasteiger partial charge in [-0.05, 0) is 122 Å². The minimum atomic E-state index is -1.45. The number of carboxylic acids is 1. The van der Waals surface area contributed by atoms with E-state index in [9.17, 15) is 39.0 Å². The highest BCUT2D eigenvalue weighted by molar-refractivity contribution is 5.99. The number of aromatic hydroxyl groups is 1. The fraction of sp³-hybridized carbons (Fsp3) is 0.480. The smallest absolute Gasteiger partial charge is 0.326 e. The molecule has 0 aliphatic carbocycles. The molecule has 558 valence electrons. The van der Waals surface area contributed by atoms with Crippen LogP contribution in [-0.4, -0.2) is 159 Å². The molecule has 0 aliphatic heterocycles. The van der Waals surface area contributed by atoms with E-state index in [-0.39, 0.29) is 82.1 Å². The lowest BCUT2D eigenvalue weighted by atomic mass is 9.95. The van der Waals surface area contributed by atoms with Gasteiger partial charge in [0.1, 0.15) is 60.1 Å². The van der Waals surface area contributed by atoms with Crippen LogP contribution < -0.4 is 70.8 Å². The number of unbranched alkanes of at least 4 members (excludes halogenated alkanes) is 1. The lowest BCUT2D eigenvalue weighted by Gasteiger charge is -2.30. The van der Waals surface area contributed by atoms with Gasteiger partial charge in [-0.2, -0.15) is 0 Å². The minimum absolute atomic E-state index is 0.00562. The molecule has 0 bridgehead atoms. The molecule has 12 atom stereocenters. The minimum Gasteiger partial charge on any atom is -0.508 e. The SMILES string of the molecule is CC[C@H](C)[C@H](NC(=O)[C@H](Cc1ccccc1)NC(=O)[C@@H](NC(=O)[C@H](Cc1c[nH]c2ccccc12)NC(=O)[C@H](CCCN=C(N)N)NC(=O)[C@H](CCCCN)NC(=O)[C@H](Cc1c[nH]c2ccccc12)NC(=O)[C@H](CC(C)C)NC(=O)[C@@H](NC(=O)[C@@H](N)Cc1ccc(O)cc1)C(C)C)[C@@H](C)CC)C(=O)O. The van der Waals surface area contributed by atoms with Gasteiger partial charge in [0, 0.05) is 60.0 Å². The molecule has 0 fully saturated rings. The van der Waals surface area contributed by atoms with Gasteiger partial charge in [0.15, 0.2) is 5.96 Å². The van der Waals surface area contributed by atoms with E-state index in [4.69, 9.17) is 22.9 Å². The third kappa shape index (κ3) is 25.0. The molecular formula is C75H106N16O12. The number of nitrogens with two attached hydrogens (primary N) is 4. The largest absolute Gasteiger partial charge is 0.508 e. The lowest BCUT2D eigenvalue weighted by molar-refractivity contribution is -0.144. The first-order valence-corrected chi connectivity index (χ1v) is 35.5. The van der Waals surface area contributed by atoms with E-state index < -0.39 is 137 Å². The summed E-state index contributed by atoms with van der Waals surface area (Å²) < 4.78 is 0. The number of aromatic nitrogens is 2. The second-order valence-corrected chi connectivity index (χ2v) is 27.3. The maximum absolute atomic E-state index is 15.2. The van der Waals surface area contributed by atoms with Gasteiger partial charge in [-0.15, -0.1) is 0 Å². The summed E-state index contributed by atoms with van der Waals surface area (Å²) in [6.45, 7) is 14.4. The predicted octanol–water partition coefficient (Wildman–Crippen LogP) is 3.38. The molecule has 6 aromatic rings. The number of hydrogen-bond donors (Lipinski definition) is 17. The molecule has 21 N–H and O–H groups in total. The van der Waals surface area contributed by atoms with Crippen molar-refractivity contribution in [3.8, 4) is 5.75 Å². The second-order valence-electron chi connectivity index (χ2n) is 27.3. The van der Waals surface area contributed by atoms with E-state index in [1.54, 1.807) is 89.5 Å². The van der Waals surface area contributed by atoms with Gasteiger partial charge in [-0.25, -0.2) is 4.79 Å². The molecule has 0 radical (unpaired) electrons. The molecule has 0 aliphatic rings. The number of aromatic amines is 2. The molecule has 6 rings (SSSR count). The number of benzene rings is 4. The number of aliphatic imine (C=N–C) groups is 1. The van der Waals surface area contributed by atoms with E-state index in [2.05, 4.69) is 62.8 Å². The molecule has 9 amide bonds. The molecule has 103 heavy (non-hydrogen) atoms. The third-order valence-corrected chi connectivity index (χ3v) is 18.4. The van der Waals surface area contributed by atoms with E-state index in [1.165, 1.54) is 12.1 Å². The highest BCUT2D eigenvalue weighted by Gasteiger charge is 2.38. The monoisotopic (exact) mass is 1420 g/mol. The van der Waals surface area contributed by atoms with Crippen LogP contribution >= 0.6 is 0 Å². The number of fused-ring (bicyclic) bond motifs is 2. The molecule has 4 aromatic carbocycles. The number of aliphatic carboxylic acids is 1. The van der Waals surface area contributed by atoms with Gasteiger partial charge in [0.05, 0.1) is 6.04 Å². The van der Waals surface area contributed by atoms with Gasteiger partial charge in [-0.1, -0.05) is 147 Å². The standard InChI is InChI=1S/C75H106N16O12/c1-9-44(7)63(73(101)88-59(37-46-21-12-11-13-22-46)70(98)91-64(74(102)103)45(8)10-2)90-71(99)61(39-49-41-82-55-26-17-15-24-52(49)55)85-67(95)57(28-20-34-80-75(78)79)83-66(94)56(27-18-19-33-76)84-69(97)60(38-48-40-81-54-25-16-14-23-51(48)54)86-68(96)58(35-42(3)4)87-72(100)62(43(5)6)89-65(93)53(77)36-47-29-31-50(92)32-30-47/h11-17,21-26,29-32,40-45,53,56-64,81-82,92H,9-10,18-20,27-28,33-39,76-77H2,1-8H3,(H,83,94)(H,84,97)(H,85,95)(H,86,96)(H,87,100)(H,88,101)(H,89,93)(H,90,99)(H,91,98)(H,102,103)(H4,78,79,80)/t44-,45-,53-,56-,57-,58-,59-,60-,61-,62-,63-,64-/m0/s1. The Morgan fingerprint density at radius 3 is 1.38 bits per heavy atom. The van der Waals surface area contributed by atoms with Gasteiger partial charge in [-0.3, -0.25) is 48.1 Å². The van der Waals surface area contributed by atoms with E-state index in [0.29, 0.717) is 47.9 Å². The van der Waals surface area contributed by atoms with Crippen LogP contribution in [0.2, 0.25) is 0 Å². The van der Waals surface area contributed by atoms with Crippen LogP contribution in [0.1, 0.15) is 129 Å². The Morgan fingerprint density at radius 2 is 0.874 bits per heavy atom. The molecule has 0 saturated heterocycles. The Hall–Kier alpha value is -10.4. The highest BCUT2D eigenvalue weighted by atomic mass is 16.4. The number of phenols is 1. The first kappa shape index (κ1) is 81.6. The molecule has 2 aromatic heterocycles. The fourth-order valence-electron chi connectivity index (χ4n) is 12.0. The number of carbonyl (C=O) groups is 10. The van der Waals surface area contributed by atoms with Crippen molar-refractivity contribution in [3.05, 3.63) is 138 Å². The van der Waals surface area contributed by atoms with Gasteiger partial charge in [0.2, 0.25) is 53.2 Å². The fourth-order valence-corrected chi connectivity index (χ4v) is 12.0. The van der Waals surface area contributed by atoms with Crippen molar-refractivity contribution >= 4 is 86.9 Å². The number of guanidine groups is 1. The van der Waals surface area contributed by atoms with Crippen molar-refractivity contribution in [2.45, 2.75) is 193 Å². The summed E-state index contributed by atoms with van der Waals surface area (Å²) in [5, 5.41) is 46.7. The van der Waals surface area contributed by atoms with Crippen LogP contribution in [-0.2, 0) is 73.6 Å². The van der Waals surface area contributed by atoms with Crippen LogP contribution in [0, 0.1) is 23.7 Å². The van der Waals surface area contributed by atoms with Crippen molar-refractivity contribution in [2.24, 2.45) is 51.6 Å². The molecule has 0 spiro atoms. The van der Waals surface area contributed by atoms with E-state index in [1.807, 2.05) is 69.3 Å². The number of carbonyl (C=O) groups excluding carboxylic acids is 9. The van der Waals surface area contributed by atoms with Crippen LogP contribution in [0.3, 0.4) is 0 Å². The second kappa shape index (κ2) is 40.3. The summed E-state index contributed by atoms with van der Waals surface area (Å²) in [5.41, 5.74) is 27.7. The summed E-state index contributed by atoms with van der Waals surface area (Å²) in [7, 11) is 0. The van der Waals surface area contributed by atoms with Crippen LogP contribution in [0.25, 0.3) is 21.8 Å². The first-order chi connectivity index (χ1) is 49.1. The summed E-state index contributed by atoms with van der Waals surface area (Å²) in [4.78, 5) is 155. The zero-order chi connectivity index (χ0) is 75.4. The van der Waals surface area contributed by atoms with Crippen LogP contribution in [0.15, 0.2) is 121 Å². The average molecular weight is 1420 g/mol. The number of H-pyrrole nitrogens is 2. The number of phenolic OH excluding ortho intramolecular Hbond substituents is 1. The zero-order valence-electron chi connectivity index (χ0n) is 60.2. The maximum Gasteiger partial charge on any atom is 0.326 e. The van der Waals surface area contributed by atoms with Crippen molar-refractivity contribution in [1.82, 2.24) is 57.8 Å². The zero-order valence-corrected chi connectivity index (χ0v) is 60.2. The number of amides is 9. The molecule has 0 unspecified atom stereocenters. The summed E-state index contributed by atoms with van der Waals surface area (Å²) in [6.07, 6.45) is 4.80. The Balaban J connectivity index is 1.31. The maximum atomic E-state index is 15.2. The Morgan fingerprint density at radius 1 is 0.456 bits per heavy atom. The molecule has 0 saturated carbocycles. The number of carboxylic acid groups (broad SMARTS) is 1. The molecule has 28 heteroatoms. The number of para-hydroxylation sites is 2. The number of nitrogens with zero attached hydrogens (tertiary/aromatic N) is 1. The van der Waals surface area contributed by atoms with Gasteiger partial charge < -0.3 is 91.0 Å². The summed E-state index contributed by atoms with van der Waals surface area (Å²) in [5.74, 6) is -9.99. The van der Waals surface area contributed by atoms with Crippen LogP contribution in [0.5, 0.6) is 5.75 Å². The Bertz CT molecular complexity index is 3840. The van der Waals surface area contributed by atoms with Gasteiger partial charge >= 0.3 is 5.97 Å². The lowest BCUT2D eigenvalue weighted by Crippen LogP contribution is -2.62. The summed E-state index contributed by atoms with van der Waals surface area (Å²) >= 11 is 0. The normalized spacial score (nSPS) is 14.9. The predicted molar refractivity (Wildman–Crippen MR) is 395 cm³/mol. The van der Waals surface area contributed by atoms with Gasteiger partial charge in [0.25, 0.3) is 0 Å². The topological polar surface area (TPSA) is 467 Å². The van der Waals surface area contributed by atoms with Crippen molar-refractivity contribution < 1.29 is 58.2 Å². The van der Waals surface area contributed by atoms with Crippen molar-refractivity contribution in [2.75, 3.05) is 13.1 Å². The van der Waals surface area contributed by atoms with E-state index >= 15 is 19.2 Å². The Kier molecular flexibility index (Phi) is 32.0. The highest BCUT2D eigenvalue weighted by Crippen LogP contribution is 2.23. The van der Waals surface area contributed by atoms with Crippen molar-refractivity contribution in [1.29, 1.82) is 0 Å². The first-order valence-electron chi connectivity index (χ1n) is 35.5. The molecular weight excluding hydrogens is 1320 g/mol. The third-order valence-electron chi connectivity index (χ3n) is 18.4. The average Bonchev–Trinajstić information content (AvgIpc) is 1.14. The molecule has 2 heterocycles. The van der Waals surface area contributed by atoms with Crippen LogP contribution in [0.4, 0.5) is 0 Å². The number of nitrogens with one attached hydrogen (secondary N) is 11. The summed E-state index contributed by atoms with van der Waals surface area (Å²) in [6, 6.07) is 16.6. The molecule has 28 nitrogen and oxygen atoms in total. The quantitative estimate of drug-likeness (QED) is 0.0148. The Labute approximate surface area is 601 Å². The number of hydrogen-bond acceptors (Lipinski definition) is 14. The van der Waals surface area contributed by atoms with E-state index in [0.717, 1.165) is 21.8 Å².